The summed E-state index contributed by atoms with van der Waals surface area (Å²) < 4.78 is 17.8. The molecule has 0 spiro atoms. The topological polar surface area (TPSA) is 76.1 Å². The zero-order valence-electron chi connectivity index (χ0n) is 13.8. The van der Waals surface area contributed by atoms with Gasteiger partial charge in [0.2, 0.25) is 5.95 Å². The molecule has 0 radical (unpaired) electrons. The Hall–Kier alpha value is -2.54. The van der Waals surface area contributed by atoms with Crippen LogP contribution in [-0.2, 0) is 11.3 Å². The third kappa shape index (κ3) is 5.58. The third-order valence-corrected chi connectivity index (χ3v) is 3.26. The molecule has 0 aliphatic rings. The van der Waals surface area contributed by atoms with Crippen LogP contribution in [0.2, 0.25) is 0 Å². The van der Waals surface area contributed by atoms with Crippen molar-refractivity contribution < 1.29 is 13.9 Å². The van der Waals surface area contributed by atoms with Crippen molar-refractivity contribution in [3.05, 3.63) is 53.1 Å². The van der Waals surface area contributed by atoms with Gasteiger partial charge in [-0.05, 0) is 37.1 Å². The fraction of sp³-hybridized carbons (Fsp3) is 0.353. The van der Waals surface area contributed by atoms with E-state index in [1.807, 2.05) is 0 Å². The van der Waals surface area contributed by atoms with Gasteiger partial charge in [0, 0.05) is 32.5 Å². The van der Waals surface area contributed by atoms with Crippen LogP contribution in [0.4, 0.5) is 10.3 Å². The van der Waals surface area contributed by atoms with Gasteiger partial charge in [-0.2, -0.15) is 0 Å². The number of aryl methyl sites for hydroxylation is 1. The summed E-state index contributed by atoms with van der Waals surface area (Å²) in [5.41, 5.74) is 1.80. The molecule has 1 aromatic carbocycles. The Labute approximate surface area is 140 Å². The highest BCUT2D eigenvalue weighted by atomic mass is 19.1. The van der Waals surface area contributed by atoms with Gasteiger partial charge >= 0.3 is 0 Å². The van der Waals surface area contributed by atoms with E-state index < -0.39 is 0 Å². The number of halogens is 1. The van der Waals surface area contributed by atoms with Crippen LogP contribution in [-0.4, -0.2) is 36.1 Å². The summed E-state index contributed by atoms with van der Waals surface area (Å²) in [6.07, 6.45) is 0.819. The fourth-order valence-corrected chi connectivity index (χ4v) is 2.06. The second-order valence-corrected chi connectivity index (χ2v) is 5.30. The molecule has 2 rings (SSSR count). The summed E-state index contributed by atoms with van der Waals surface area (Å²) in [6, 6.07) is 7.60. The van der Waals surface area contributed by atoms with Crippen LogP contribution in [0, 0.1) is 12.7 Å². The lowest BCUT2D eigenvalue weighted by molar-refractivity contribution is 0.0945. The van der Waals surface area contributed by atoms with Crippen LogP contribution in [0.5, 0.6) is 0 Å². The van der Waals surface area contributed by atoms with Gasteiger partial charge in [0.15, 0.2) is 0 Å². The zero-order valence-corrected chi connectivity index (χ0v) is 13.8. The Morgan fingerprint density at radius 1 is 1.25 bits per heavy atom. The first-order chi connectivity index (χ1) is 11.6. The highest BCUT2D eigenvalue weighted by Crippen LogP contribution is 2.07. The average Bonchev–Trinajstić information content (AvgIpc) is 2.57. The van der Waals surface area contributed by atoms with Crippen molar-refractivity contribution in [3.8, 4) is 0 Å². The Balaban J connectivity index is 1.95. The predicted octanol–water partition coefficient (Wildman–Crippen LogP) is 2.30. The van der Waals surface area contributed by atoms with E-state index in [-0.39, 0.29) is 11.7 Å². The Morgan fingerprint density at radius 2 is 2.00 bits per heavy atom. The fourth-order valence-electron chi connectivity index (χ4n) is 2.06. The van der Waals surface area contributed by atoms with Gasteiger partial charge in [-0.15, -0.1) is 0 Å². The molecule has 1 heterocycles. The number of hydrogen-bond donors (Lipinski definition) is 2. The minimum absolute atomic E-state index is 0.291. The first-order valence-electron chi connectivity index (χ1n) is 7.69. The van der Waals surface area contributed by atoms with Crippen molar-refractivity contribution in [1.29, 1.82) is 0 Å². The maximum Gasteiger partial charge on any atom is 0.270 e. The summed E-state index contributed by atoms with van der Waals surface area (Å²) in [6.45, 7) is 3.41. The Bertz CT molecular complexity index is 677. The van der Waals surface area contributed by atoms with Crippen LogP contribution < -0.4 is 10.6 Å². The second kappa shape index (κ2) is 8.93. The maximum atomic E-state index is 12.9. The number of anilines is 1. The van der Waals surface area contributed by atoms with Crippen molar-refractivity contribution in [2.45, 2.75) is 19.9 Å². The Kier molecular flexibility index (Phi) is 6.62. The van der Waals surface area contributed by atoms with E-state index in [9.17, 15) is 9.18 Å². The molecule has 0 fully saturated rings. The average molecular weight is 332 g/mol. The lowest BCUT2D eigenvalue weighted by Crippen LogP contribution is -2.24. The van der Waals surface area contributed by atoms with Crippen LogP contribution in [0.3, 0.4) is 0 Å². The number of methoxy groups -OCH3 is 1. The maximum absolute atomic E-state index is 12.9. The first-order valence-corrected chi connectivity index (χ1v) is 7.69. The number of aromatic nitrogens is 2. The SMILES string of the molecule is COCCCNc1nc(C)cc(C(=O)NCc2ccc(F)cc2)n1. The first kappa shape index (κ1) is 17.8. The normalized spacial score (nSPS) is 10.5. The molecule has 24 heavy (non-hydrogen) atoms. The number of hydrogen-bond acceptors (Lipinski definition) is 5. The lowest BCUT2D eigenvalue weighted by atomic mass is 10.2. The second-order valence-electron chi connectivity index (χ2n) is 5.30. The van der Waals surface area contributed by atoms with Crippen molar-refractivity contribution in [3.63, 3.8) is 0 Å². The minimum atomic E-state index is -0.305. The van der Waals surface area contributed by atoms with E-state index in [1.165, 1.54) is 12.1 Å². The molecule has 1 aromatic heterocycles. The van der Waals surface area contributed by atoms with Gasteiger partial charge < -0.3 is 15.4 Å². The third-order valence-electron chi connectivity index (χ3n) is 3.26. The van der Waals surface area contributed by atoms with E-state index in [0.717, 1.165) is 12.0 Å². The van der Waals surface area contributed by atoms with Crippen LogP contribution in [0.15, 0.2) is 30.3 Å². The number of carbonyl (C=O) groups excluding carboxylic acids is 1. The minimum Gasteiger partial charge on any atom is -0.385 e. The highest BCUT2D eigenvalue weighted by Gasteiger charge is 2.10. The number of carbonyl (C=O) groups is 1. The van der Waals surface area contributed by atoms with E-state index in [1.54, 1.807) is 32.2 Å². The number of rotatable bonds is 8. The molecular weight excluding hydrogens is 311 g/mol. The molecule has 128 valence electrons. The summed E-state index contributed by atoms with van der Waals surface area (Å²) >= 11 is 0. The molecule has 2 aromatic rings. The lowest BCUT2D eigenvalue weighted by Gasteiger charge is -2.09. The van der Waals surface area contributed by atoms with Gasteiger partial charge in [-0.3, -0.25) is 4.79 Å². The molecule has 6 nitrogen and oxygen atoms in total. The summed E-state index contributed by atoms with van der Waals surface area (Å²) in [4.78, 5) is 20.7. The smallest absolute Gasteiger partial charge is 0.270 e. The van der Waals surface area contributed by atoms with E-state index >= 15 is 0 Å². The number of nitrogens with zero attached hydrogens (tertiary/aromatic N) is 2. The summed E-state index contributed by atoms with van der Waals surface area (Å²) in [5, 5.41) is 5.84. The van der Waals surface area contributed by atoms with Gasteiger partial charge in [0.1, 0.15) is 11.5 Å². The van der Waals surface area contributed by atoms with E-state index in [4.69, 9.17) is 4.74 Å². The highest BCUT2D eigenvalue weighted by molar-refractivity contribution is 5.92. The van der Waals surface area contributed by atoms with E-state index in [0.29, 0.717) is 37.0 Å². The number of ether oxygens (including phenoxy) is 1. The van der Waals surface area contributed by atoms with Crippen molar-refractivity contribution in [2.24, 2.45) is 0 Å². The van der Waals surface area contributed by atoms with Crippen molar-refractivity contribution in [1.82, 2.24) is 15.3 Å². The molecule has 7 heteroatoms. The van der Waals surface area contributed by atoms with Crippen LogP contribution in [0.1, 0.15) is 28.2 Å². The van der Waals surface area contributed by atoms with Crippen LogP contribution >= 0.6 is 0 Å². The molecule has 0 aliphatic carbocycles. The Morgan fingerprint density at radius 3 is 2.71 bits per heavy atom. The van der Waals surface area contributed by atoms with Gasteiger partial charge in [-0.25, -0.2) is 14.4 Å². The molecule has 0 saturated carbocycles. The van der Waals surface area contributed by atoms with E-state index in [2.05, 4.69) is 20.6 Å². The predicted molar refractivity (Wildman–Crippen MR) is 89.3 cm³/mol. The molecule has 1 amide bonds. The number of benzene rings is 1. The van der Waals surface area contributed by atoms with Gasteiger partial charge in [-0.1, -0.05) is 12.1 Å². The summed E-state index contributed by atoms with van der Waals surface area (Å²) in [7, 11) is 1.65. The molecule has 0 aliphatic heterocycles. The van der Waals surface area contributed by atoms with Gasteiger partial charge in [0.05, 0.1) is 0 Å². The number of amides is 1. The van der Waals surface area contributed by atoms with Crippen molar-refractivity contribution >= 4 is 11.9 Å². The quantitative estimate of drug-likeness (QED) is 0.726. The molecule has 0 bridgehead atoms. The molecule has 0 atom stereocenters. The molecular formula is C17H21FN4O2. The van der Waals surface area contributed by atoms with Crippen LogP contribution in [0.25, 0.3) is 0 Å². The van der Waals surface area contributed by atoms with Gasteiger partial charge in [0.25, 0.3) is 5.91 Å². The van der Waals surface area contributed by atoms with Crippen molar-refractivity contribution in [2.75, 3.05) is 25.6 Å². The largest absolute Gasteiger partial charge is 0.385 e. The zero-order chi connectivity index (χ0) is 17.4. The standard InChI is InChI=1S/C17H21FN4O2/c1-12-10-15(22-17(21-12)19-8-3-9-24-2)16(23)20-11-13-4-6-14(18)7-5-13/h4-7,10H,3,8-9,11H2,1-2H3,(H,20,23)(H,19,21,22). The molecule has 2 N–H and O–H groups in total. The molecule has 0 unspecified atom stereocenters. The monoisotopic (exact) mass is 332 g/mol. The molecule has 0 saturated heterocycles. The summed E-state index contributed by atoms with van der Waals surface area (Å²) in [5.74, 6) is -0.191. The number of nitrogens with one attached hydrogen (secondary N) is 2.